The van der Waals surface area contributed by atoms with Crippen molar-refractivity contribution < 1.29 is 4.79 Å². The Bertz CT molecular complexity index is 381. The minimum absolute atomic E-state index is 0.173. The second kappa shape index (κ2) is 7.66. The van der Waals surface area contributed by atoms with Crippen molar-refractivity contribution in [2.24, 2.45) is 11.7 Å². The van der Waals surface area contributed by atoms with E-state index in [4.69, 9.17) is 5.73 Å². The first-order valence-corrected chi connectivity index (χ1v) is 6.33. The predicted octanol–water partition coefficient (Wildman–Crippen LogP) is 1.23. The quantitative estimate of drug-likeness (QED) is 0.680. The molecule has 0 saturated heterocycles. The van der Waals surface area contributed by atoms with Crippen LogP contribution in [0.3, 0.4) is 0 Å². The molecular formula is C13H22N4O. The number of hydrogen-bond acceptors (Lipinski definition) is 4. The highest BCUT2D eigenvalue weighted by molar-refractivity contribution is 5.92. The topological polar surface area (TPSA) is 80.0 Å². The van der Waals surface area contributed by atoms with Gasteiger partial charge < -0.3 is 16.4 Å². The van der Waals surface area contributed by atoms with Crippen LogP contribution < -0.4 is 16.4 Å². The maximum Gasteiger partial charge on any atom is 0.269 e. The molecule has 1 atom stereocenters. The highest BCUT2D eigenvalue weighted by Crippen LogP contribution is 2.12. The first kappa shape index (κ1) is 14.4. The van der Waals surface area contributed by atoms with Gasteiger partial charge in [-0.1, -0.05) is 13.3 Å². The summed E-state index contributed by atoms with van der Waals surface area (Å²) in [5, 5.41) is 5.88. The Hall–Kier alpha value is -1.62. The van der Waals surface area contributed by atoms with Gasteiger partial charge in [-0.3, -0.25) is 9.78 Å². The number of amides is 1. The highest BCUT2D eigenvalue weighted by Gasteiger charge is 2.07. The molecule has 0 saturated carbocycles. The molecule has 0 bridgehead atoms. The van der Waals surface area contributed by atoms with Crippen LogP contribution in [0, 0.1) is 5.92 Å². The van der Waals surface area contributed by atoms with Crippen molar-refractivity contribution in [3.05, 3.63) is 24.0 Å². The molecule has 1 aromatic heterocycles. The van der Waals surface area contributed by atoms with Gasteiger partial charge in [0.1, 0.15) is 5.69 Å². The third kappa shape index (κ3) is 4.33. The van der Waals surface area contributed by atoms with E-state index in [0.717, 1.165) is 25.1 Å². The van der Waals surface area contributed by atoms with Crippen LogP contribution >= 0.6 is 0 Å². The smallest absolute Gasteiger partial charge is 0.269 e. The van der Waals surface area contributed by atoms with E-state index in [-0.39, 0.29) is 5.91 Å². The molecular weight excluding hydrogens is 228 g/mol. The fourth-order valence-electron chi connectivity index (χ4n) is 1.74. The molecule has 1 heterocycles. The monoisotopic (exact) mass is 250 g/mol. The second-order valence-corrected chi connectivity index (χ2v) is 4.24. The number of hydrogen-bond donors (Lipinski definition) is 3. The lowest BCUT2D eigenvalue weighted by Gasteiger charge is -2.15. The third-order valence-corrected chi connectivity index (χ3v) is 2.97. The Balaban J connectivity index is 2.59. The number of carbonyl (C=O) groups excluding carboxylic acids is 1. The fourth-order valence-corrected chi connectivity index (χ4v) is 1.74. The number of nitrogens with zero attached hydrogens (tertiary/aromatic N) is 1. The van der Waals surface area contributed by atoms with Gasteiger partial charge in [-0.2, -0.15) is 0 Å². The molecule has 0 aliphatic carbocycles. The summed E-state index contributed by atoms with van der Waals surface area (Å²) in [6.45, 7) is 3.73. The Morgan fingerprint density at radius 3 is 2.94 bits per heavy atom. The lowest BCUT2D eigenvalue weighted by atomic mass is 10.0. The Morgan fingerprint density at radius 2 is 2.33 bits per heavy atom. The lowest BCUT2D eigenvalue weighted by molar-refractivity contribution is 0.0958. The fraction of sp³-hybridized carbons (Fsp3) is 0.538. The van der Waals surface area contributed by atoms with Gasteiger partial charge in [0, 0.05) is 25.5 Å². The summed E-state index contributed by atoms with van der Waals surface area (Å²) in [7, 11) is 1.60. The summed E-state index contributed by atoms with van der Waals surface area (Å²) in [6, 6.07) is 3.62. The molecule has 18 heavy (non-hydrogen) atoms. The van der Waals surface area contributed by atoms with Crippen LogP contribution in [0.2, 0.25) is 0 Å². The van der Waals surface area contributed by atoms with E-state index in [2.05, 4.69) is 22.5 Å². The number of aromatic nitrogens is 1. The van der Waals surface area contributed by atoms with E-state index in [9.17, 15) is 4.79 Å². The molecule has 0 aromatic carbocycles. The van der Waals surface area contributed by atoms with Crippen molar-refractivity contribution in [1.82, 2.24) is 10.3 Å². The molecule has 0 aliphatic heterocycles. The summed E-state index contributed by atoms with van der Waals surface area (Å²) in [4.78, 5) is 15.5. The predicted molar refractivity (Wildman–Crippen MR) is 73.6 cm³/mol. The van der Waals surface area contributed by atoms with Crippen molar-refractivity contribution in [1.29, 1.82) is 0 Å². The maximum absolute atomic E-state index is 11.4. The average Bonchev–Trinajstić information content (AvgIpc) is 2.42. The number of nitrogens with one attached hydrogen (secondary N) is 2. The van der Waals surface area contributed by atoms with E-state index in [1.54, 1.807) is 19.3 Å². The largest absolute Gasteiger partial charge is 0.385 e. The van der Waals surface area contributed by atoms with Crippen LogP contribution in [0.5, 0.6) is 0 Å². The van der Waals surface area contributed by atoms with Crippen molar-refractivity contribution in [2.75, 3.05) is 25.5 Å². The number of carbonyl (C=O) groups is 1. The van der Waals surface area contributed by atoms with Gasteiger partial charge in [0.05, 0.1) is 0 Å². The first-order valence-electron chi connectivity index (χ1n) is 6.33. The summed E-state index contributed by atoms with van der Waals surface area (Å²) in [6.07, 6.45) is 3.74. The van der Waals surface area contributed by atoms with Gasteiger partial charge >= 0.3 is 0 Å². The Kier molecular flexibility index (Phi) is 6.14. The van der Waals surface area contributed by atoms with Crippen LogP contribution in [0.1, 0.15) is 30.3 Å². The van der Waals surface area contributed by atoms with Gasteiger partial charge in [0.15, 0.2) is 0 Å². The van der Waals surface area contributed by atoms with Gasteiger partial charge in [0.2, 0.25) is 0 Å². The maximum atomic E-state index is 11.4. The molecule has 5 nitrogen and oxygen atoms in total. The van der Waals surface area contributed by atoms with E-state index < -0.39 is 0 Å². The molecule has 5 heteroatoms. The number of nitrogens with two attached hydrogens (primary N) is 1. The minimum atomic E-state index is -0.173. The third-order valence-electron chi connectivity index (χ3n) is 2.97. The zero-order valence-electron chi connectivity index (χ0n) is 11.1. The van der Waals surface area contributed by atoms with Crippen LogP contribution in [0.15, 0.2) is 18.3 Å². The molecule has 0 fully saturated rings. The molecule has 100 valence electrons. The zero-order valence-corrected chi connectivity index (χ0v) is 11.1. The molecule has 0 spiro atoms. The van der Waals surface area contributed by atoms with Gasteiger partial charge in [-0.05, 0) is 31.0 Å². The standard InChI is InChI=1S/C13H22N4O/c1-3-10(4-6-14)9-17-11-5-7-16-12(8-11)13(18)15-2/h5,7-8,10H,3-4,6,9,14H2,1-2H3,(H,15,18)(H,16,17). The van der Waals surface area contributed by atoms with E-state index >= 15 is 0 Å². The van der Waals surface area contributed by atoms with E-state index in [0.29, 0.717) is 18.2 Å². The van der Waals surface area contributed by atoms with Crippen molar-refractivity contribution in [2.45, 2.75) is 19.8 Å². The molecule has 0 aliphatic rings. The average molecular weight is 250 g/mol. The van der Waals surface area contributed by atoms with Crippen LogP contribution in [0.4, 0.5) is 5.69 Å². The molecule has 1 aromatic rings. The Morgan fingerprint density at radius 1 is 1.56 bits per heavy atom. The van der Waals surface area contributed by atoms with Crippen LogP contribution in [-0.2, 0) is 0 Å². The Labute approximate surface area is 108 Å². The molecule has 1 rings (SSSR count). The number of anilines is 1. The summed E-state index contributed by atoms with van der Waals surface area (Å²) in [5.74, 6) is 0.388. The molecule has 4 N–H and O–H groups in total. The molecule has 1 unspecified atom stereocenters. The lowest BCUT2D eigenvalue weighted by Crippen LogP contribution is -2.20. The van der Waals surface area contributed by atoms with E-state index in [1.165, 1.54) is 0 Å². The van der Waals surface area contributed by atoms with Gasteiger partial charge in [-0.25, -0.2) is 0 Å². The molecule has 0 radical (unpaired) electrons. The summed E-state index contributed by atoms with van der Waals surface area (Å²) >= 11 is 0. The van der Waals surface area contributed by atoms with Gasteiger partial charge in [-0.15, -0.1) is 0 Å². The minimum Gasteiger partial charge on any atom is -0.385 e. The van der Waals surface area contributed by atoms with Crippen molar-refractivity contribution in [3.63, 3.8) is 0 Å². The number of pyridine rings is 1. The number of rotatable bonds is 7. The second-order valence-electron chi connectivity index (χ2n) is 4.24. The van der Waals surface area contributed by atoms with Crippen LogP contribution in [-0.4, -0.2) is 31.0 Å². The molecule has 1 amide bonds. The van der Waals surface area contributed by atoms with Crippen molar-refractivity contribution >= 4 is 11.6 Å². The van der Waals surface area contributed by atoms with E-state index in [1.807, 2.05) is 6.07 Å². The zero-order chi connectivity index (χ0) is 13.4. The van der Waals surface area contributed by atoms with Gasteiger partial charge in [0.25, 0.3) is 5.91 Å². The SMILES string of the molecule is CCC(CCN)CNc1ccnc(C(=O)NC)c1. The first-order chi connectivity index (χ1) is 8.71. The highest BCUT2D eigenvalue weighted by atomic mass is 16.1. The van der Waals surface area contributed by atoms with Crippen molar-refractivity contribution in [3.8, 4) is 0 Å². The normalized spacial score (nSPS) is 11.9. The summed E-state index contributed by atoms with van der Waals surface area (Å²) in [5.41, 5.74) is 6.91. The summed E-state index contributed by atoms with van der Waals surface area (Å²) < 4.78 is 0. The van der Waals surface area contributed by atoms with Crippen LogP contribution in [0.25, 0.3) is 0 Å².